The second-order valence-corrected chi connectivity index (χ2v) is 6.28. The average molecular weight is 389 g/mol. The molecular weight excluding hydrogens is 375 g/mol. The topological polar surface area (TPSA) is 71.3 Å². The van der Waals surface area contributed by atoms with Crippen LogP contribution in [0.15, 0.2) is 65.3 Å². The van der Waals surface area contributed by atoms with E-state index in [1.165, 1.54) is 12.3 Å². The molecule has 2 N–H and O–H groups in total. The number of hydrogen-bond donors (Lipinski definition) is 2. The van der Waals surface area contributed by atoms with Gasteiger partial charge in [0.25, 0.3) is 11.8 Å². The van der Waals surface area contributed by atoms with Crippen molar-refractivity contribution in [1.82, 2.24) is 5.32 Å². The van der Waals surface area contributed by atoms with Crippen LogP contribution in [-0.2, 0) is 6.54 Å². The van der Waals surface area contributed by atoms with Gasteiger partial charge in [0.2, 0.25) is 0 Å². The van der Waals surface area contributed by atoms with Crippen molar-refractivity contribution in [3.05, 3.63) is 87.8 Å². The van der Waals surface area contributed by atoms with Gasteiger partial charge in [0.05, 0.1) is 16.8 Å². The fraction of sp³-hybridized carbons (Fsp3) is 0.0526. The Hall–Kier alpha value is -2.76. The molecule has 5 nitrogen and oxygen atoms in total. The third-order valence-electron chi connectivity index (χ3n) is 3.59. The lowest BCUT2D eigenvalue weighted by Gasteiger charge is -2.08. The summed E-state index contributed by atoms with van der Waals surface area (Å²) in [5.74, 6) is -0.378. The van der Waals surface area contributed by atoms with Gasteiger partial charge in [0, 0.05) is 17.3 Å². The van der Waals surface area contributed by atoms with Crippen LogP contribution in [0.25, 0.3) is 0 Å². The summed E-state index contributed by atoms with van der Waals surface area (Å²) >= 11 is 11.9. The molecule has 1 aromatic heterocycles. The van der Waals surface area contributed by atoms with Crippen LogP contribution in [0, 0.1) is 0 Å². The lowest BCUT2D eigenvalue weighted by atomic mass is 10.1. The average Bonchev–Trinajstić information content (AvgIpc) is 3.16. The minimum atomic E-state index is -0.326. The van der Waals surface area contributed by atoms with Crippen molar-refractivity contribution in [3.8, 4) is 0 Å². The molecule has 2 aromatic carbocycles. The van der Waals surface area contributed by atoms with Crippen molar-refractivity contribution >= 4 is 40.7 Å². The standard InChI is InChI=1S/C19H14Cl2N2O3/c20-13-5-8-15(16(21)10-13)18(24)22-11-12-3-6-14(7-4-12)23-19(25)17-2-1-9-26-17/h1-10H,11H2,(H,22,24)(H,23,25). The van der Waals surface area contributed by atoms with Crippen molar-refractivity contribution in [2.45, 2.75) is 6.54 Å². The van der Waals surface area contributed by atoms with Crippen molar-refractivity contribution in [2.75, 3.05) is 5.32 Å². The third-order valence-corrected chi connectivity index (χ3v) is 4.13. The number of carbonyl (C=O) groups is 2. The Balaban J connectivity index is 1.57. The van der Waals surface area contributed by atoms with E-state index >= 15 is 0 Å². The monoisotopic (exact) mass is 388 g/mol. The highest BCUT2D eigenvalue weighted by molar-refractivity contribution is 6.36. The quantitative estimate of drug-likeness (QED) is 0.661. The molecule has 0 fully saturated rings. The molecule has 0 saturated heterocycles. The normalized spacial score (nSPS) is 10.4. The molecule has 0 unspecified atom stereocenters. The Morgan fingerprint density at radius 1 is 0.962 bits per heavy atom. The Morgan fingerprint density at radius 3 is 2.38 bits per heavy atom. The van der Waals surface area contributed by atoms with Crippen molar-refractivity contribution in [3.63, 3.8) is 0 Å². The molecule has 0 radical (unpaired) electrons. The molecule has 3 rings (SSSR count). The number of amides is 2. The summed E-state index contributed by atoms with van der Waals surface area (Å²) in [7, 11) is 0. The minimum absolute atomic E-state index is 0.237. The van der Waals surface area contributed by atoms with Crippen LogP contribution in [0.3, 0.4) is 0 Å². The number of rotatable bonds is 5. The number of nitrogens with one attached hydrogen (secondary N) is 2. The van der Waals surface area contributed by atoms with Crippen LogP contribution in [0.5, 0.6) is 0 Å². The zero-order valence-electron chi connectivity index (χ0n) is 13.5. The molecule has 2 amide bonds. The fourth-order valence-corrected chi connectivity index (χ4v) is 2.75. The number of furan rings is 1. The first kappa shape index (κ1) is 18.0. The summed E-state index contributed by atoms with van der Waals surface area (Å²) in [4.78, 5) is 24.1. The number of benzene rings is 2. The molecule has 132 valence electrons. The van der Waals surface area contributed by atoms with E-state index in [1.807, 2.05) is 12.1 Å². The van der Waals surface area contributed by atoms with Gasteiger partial charge in [-0.3, -0.25) is 9.59 Å². The van der Waals surface area contributed by atoms with Gasteiger partial charge >= 0.3 is 0 Å². The molecule has 0 aliphatic heterocycles. The smallest absolute Gasteiger partial charge is 0.291 e. The van der Waals surface area contributed by atoms with E-state index in [1.54, 1.807) is 36.4 Å². The van der Waals surface area contributed by atoms with Crippen LogP contribution >= 0.6 is 23.2 Å². The molecule has 0 aliphatic rings. The Kier molecular flexibility index (Phi) is 5.61. The molecule has 0 atom stereocenters. The van der Waals surface area contributed by atoms with Gasteiger partial charge in [-0.1, -0.05) is 35.3 Å². The Labute approximate surface area is 159 Å². The van der Waals surface area contributed by atoms with Crippen molar-refractivity contribution in [2.24, 2.45) is 0 Å². The second-order valence-electron chi connectivity index (χ2n) is 5.44. The van der Waals surface area contributed by atoms with E-state index in [9.17, 15) is 9.59 Å². The van der Waals surface area contributed by atoms with Crippen molar-refractivity contribution in [1.29, 1.82) is 0 Å². The lowest BCUT2D eigenvalue weighted by molar-refractivity contribution is 0.0950. The highest BCUT2D eigenvalue weighted by atomic mass is 35.5. The van der Waals surface area contributed by atoms with Gasteiger partial charge in [0.1, 0.15) is 0 Å². The molecule has 1 heterocycles. The highest BCUT2D eigenvalue weighted by Crippen LogP contribution is 2.21. The molecule has 26 heavy (non-hydrogen) atoms. The summed E-state index contributed by atoms with van der Waals surface area (Å²) in [6.07, 6.45) is 1.44. The first-order valence-electron chi connectivity index (χ1n) is 7.70. The van der Waals surface area contributed by atoms with Gasteiger partial charge in [-0.2, -0.15) is 0 Å². The van der Waals surface area contributed by atoms with Crippen LogP contribution in [0.1, 0.15) is 26.5 Å². The minimum Gasteiger partial charge on any atom is -0.459 e. The Morgan fingerprint density at radius 2 is 1.73 bits per heavy atom. The molecule has 0 bridgehead atoms. The Bertz CT molecular complexity index is 922. The summed E-state index contributed by atoms with van der Waals surface area (Å²) in [6, 6.07) is 15.0. The van der Waals surface area contributed by atoms with E-state index in [0.29, 0.717) is 27.8 Å². The van der Waals surface area contributed by atoms with Gasteiger partial charge in [-0.15, -0.1) is 0 Å². The maximum Gasteiger partial charge on any atom is 0.291 e. The first-order valence-corrected chi connectivity index (χ1v) is 8.45. The number of carbonyl (C=O) groups excluding carboxylic acids is 2. The lowest BCUT2D eigenvalue weighted by Crippen LogP contribution is -2.23. The van der Waals surface area contributed by atoms with Crippen LogP contribution in [0.2, 0.25) is 10.0 Å². The van der Waals surface area contributed by atoms with Crippen LogP contribution in [-0.4, -0.2) is 11.8 Å². The maximum absolute atomic E-state index is 12.2. The summed E-state index contributed by atoms with van der Waals surface area (Å²) in [5, 5.41) is 6.28. The van der Waals surface area contributed by atoms with Gasteiger partial charge in [-0.25, -0.2) is 0 Å². The number of anilines is 1. The summed E-state index contributed by atoms with van der Waals surface area (Å²) in [6.45, 7) is 0.324. The predicted molar refractivity (Wildman–Crippen MR) is 101 cm³/mol. The maximum atomic E-state index is 12.2. The van der Waals surface area contributed by atoms with Gasteiger partial charge in [-0.05, 0) is 48.0 Å². The molecular formula is C19H14Cl2N2O3. The summed E-state index contributed by atoms with van der Waals surface area (Å²) < 4.78 is 5.04. The zero-order chi connectivity index (χ0) is 18.5. The molecule has 0 saturated carbocycles. The van der Waals surface area contributed by atoms with E-state index in [2.05, 4.69) is 10.6 Å². The van der Waals surface area contributed by atoms with Crippen LogP contribution in [0.4, 0.5) is 5.69 Å². The molecule has 7 heteroatoms. The van der Waals surface area contributed by atoms with Crippen LogP contribution < -0.4 is 10.6 Å². The molecule has 0 aliphatic carbocycles. The zero-order valence-corrected chi connectivity index (χ0v) is 15.0. The first-order chi connectivity index (χ1) is 12.5. The van der Waals surface area contributed by atoms with E-state index in [4.69, 9.17) is 27.6 Å². The largest absolute Gasteiger partial charge is 0.459 e. The molecule has 3 aromatic rings. The second kappa shape index (κ2) is 8.08. The van der Waals surface area contributed by atoms with E-state index in [0.717, 1.165) is 5.56 Å². The van der Waals surface area contributed by atoms with Gasteiger partial charge < -0.3 is 15.1 Å². The SMILES string of the molecule is O=C(Nc1ccc(CNC(=O)c2ccc(Cl)cc2Cl)cc1)c1ccco1. The highest BCUT2D eigenvalue weighted by Gasteiger charge is 2.11. The van der Waals surface area contributed by atoms with Gasteiger partial charge in [0.15, 0.2) is 5.76 Å². The number of halogens is 2. The summed E-state index contributed by atoms with van der Waals surface area (Å²) in [5.41, 5.74) is 1.86. The van der Waals surface area contributed by atoms with Crippen molar-refractivity contribution < 1.29 is 14.0 Å². The fourth-order valence-electron chi connectivity index (χ4n) is 2.26. The number of hydrogen-bond acceptors (Lipinski definition) is 3. The third kappa shape index (κ3) is 4.45. The predicted octanol–water partition coefficient (Wildman–Crippen LogP) is 4.77. The van der Waals surface area contributed by atoms with E-state index in [-0.39, 0.29) is 17.6 Å². The molecule has 0 spiro atoms. The van der Waals surface area contributed by atoms with E-state index < -0.39 is 0 Å².